The molecular weight excluding hydrogens is 408 g/mol. The van der Waals surface area contributed by atoms with E-state index in [1.807, 2.05) is 44.2 Å². The lowest BCUT2D eigenvalue weighted by atomic mass is 10.1. The molecule has 162 valence electrons. The summed E-state index contributed by atoms with van der Waals surface area (Å²) in [6.45, 7) is 3.90. The normalized spacial score (nSPS) is 13.4. The van der Waals surface area contributed by atoms with E-state index in [4.69, 9.17) is 13.9 Å². The summed E-state index contributed by atoms with van der Waals surface area (Å²) < 4.78 is 15.9. The van der Waals surface area contributed by atoms with Gasteiger partial charge in [0.2, 0.25) is 5.89 Å². The molecule has 32 heavy (non-hydrogen) atoms. The molecule has 0 amide bonds. The topological polar surface area (TPSA) is 81.9 Å². The maximum absolute atomic E-state index is 12.7. The monoisotopic (exact) mass is 430 g/mol. The first kappa shape index (κ1) is 21.1. The predicted molar refractivity (Wildman–Crippen MR) is 121 cm³/mol. The third kappa shape index (κ3) is 3.69. The summed E-state index contributed by atoms with van der Waals surface area (Å²) in [5, 5.41) is 0. The molecule has 0 N–H and O–H groups in total. The van der Waals surface area contributed by atoms with Gasteiger partial charge in [-0.15, -0.1) is 0 Å². The molecule has 2 heterocycles. The Hall–Kier alpha value is -4.13. The fourth-order valence-corrected chi connectivity index (χ4v) is 3.61. The number of anilines is 1. The second kappa shape index (κ2) is 8.55. The van der Waals surface area contributed by atoms with Gasteiger partial charge in [0.05, 0.1) is 19.8 Å². The molecule has 0 unspecified atom stereocenters. The van der Waals surface area contributed by atoms with E-state index in [0.717, 1.165) is 16.7 Å². The number of carbonyl (C=O) groups is 2. The van der Waals surface area contributed by atoms with Gasteiger partial charge < -0.3 is 18.8 Å². The number of carbonyl (C=O) groups excluding carboxylic acids is 2. The van der Waals surface area contributed by atoms with Crippen molar-refractivity contribution < 1.29 is 23.5 Å². The highest BCUT2D eigenvalue weighted by molar-refractivity contribution is 6.05. The maximum Gasteiger partial charge on any atom is 0.355 e. The fourth-order valence-electron chi connectivity index (χ4n) is 3.61. The Morgan fingerprint density at radius 3 is 2.44 bits per heavy atom. The van der Waals surface area contributed by atoms with Gasteiger partial charge in [0.1, 0.15) is 11.2 Å². The van der Waals surface area contributed by atoms with E-state index in [0.29, 0.717) is 22.7 Å². The highest BCUT2D eigenvalue weighted by atomic mass is 16.5. The number of allylic oxidation sites excluding steroid dienone is 2. The zero-order valence-electron chi connectivity index (χ0n) is 18.2. The lowest BCUT2D eigenvalue weighted by Gasteiger charge is -2.23. The SMILES string of the molecule is COC(=O)C1=C(C(=O)OC)N(c2cc(C)c3oc(-c4ccccc4C)nc3c2)C=CC=C1. The Morgan fingerprint density at radius 1 is 0.969 bits per heavy atom. The molecule has 4 rings (SSSR count). The van der Waals surface area contributed by atoms with Gasteiger partial charge in [0.25, 0.3) is 0 Å². The number of benzene rings is 2. The second-order valence-corrected chi connectivity index (χ2v) is 7.26. The van der Waals surface area contributed by atoms with Crippen molar-refractivity contribution in [1.82, 2.24) is 4.98 Å². The predicted octanol–water partition coefficient (Wildman–Crippen LogP) is 4.60. The molecule has 1 aliphatic rings. The summed E-state index contributed by atoms with van der Waals surface area (Å²) in [5.41, 5.74) is 4.84. The smallest absolute Gasteiger partial charge is 0.355 e. The highest BCUT2D eigenvalue weighted by Crippen LogP contribution is 2.34. The lowest BCUT2D eigenvalue weighted by Crippen LogP contribution is -2.27. The van der Waals surface area contributed by atoms with Crippen LogP contribution in [0.25, 0.3) is 22.6 Å². The molecule has 7 heteroatoms. The van der Waals surface area contributed by atoms with Crippen molar-refractivity contribution in [1.29, 1.82) is 0 Å². The van der Waals surface area contributed by atoms with Gasteiger partial charge in [0, 0.05) is 17.5 Å². The summed E-state index contributed by atoms with van der Waals surface area (Å²) >= 11 is 0. The number of ether oxygens (including phenoxy) is 2. The van der Waals surface area contributed by atoms with Crippen molar-refractivity contribution in [3.8, 4) is 11.5 Å². The van der Waals surface area contributed by atoms with Crippen LogP contribution in [-0.2, 0) is 19.1 Å². The van der Waals surface area contributed by atoms with E-state index in [1.165, 1.54) is 20.3 Å². The highest BCUT2D eigenvalue weighted by Gasteiger charge is 2.28. The van der Waals surface area contributed by atoms with Crippen LogP contribution in [-0.4, -0.2) is 31.1 Å². The lowest BCUT2D eigenvalue weighted by molar-refractivity contribution is -0.139. The van der Waals surface area contributed by atoms with Crippen LogP contribution in [0.3, 0.4) is 0 Å². The number of aromatic nitrogens is 1. The van der Waals surface area contributed by atoms with Gasteiger partial charge in [-0.1, -0.05) is 24.3 Å². The van der Waals surface area contributed by atoms with Crippen molar-refractivity contribution in [2.45, 2.75) is 13.8 Å². The van der Waals surface area contributed by atoms with Gasteiger partial charge in [-0.3, -0.25) is 0 Å². The van der Waals surface area contributed by atoms with Crippen LogP contribution in [0.4, 0.5) is 5.69 Å². The Labute approximate surface area is 185 Å². The standard InChI is InChI=1S/C25H22N2O5/c1-15-9-5-6-10-18(15)23-26-20-14-17(13-16(2)22(20)32-23)27-12-8-7-11-19(24(28)30-3)21(27)25(29)31-4/h5-14H,1-4H3. The van der Waals surface area contributed by atoms with Gasteiger partial charge in [-0.05, 0) is 55.3 Å². The summed E-state index contributed by atoms with van der Waals surface area (Å²) in [4.78, 5) is 31.3. The molecule has 2 aromatic carbocycles. The molecule has 0 spiro atoms. The minimum Gasteiger partial charge on any atom is -0.465 e. The number of methoxy groups -OCH3 is 2. The molecule has 1 aliphatic heterocycles. The first-order valence-electron chi connectivity index (χ1n) is 9.96. The number of hydrogen-bond acceptors (Lipinski definition) is 7. The zero-order chi connectivity index (χ0) is 22.8. The minimum absolute atomic E-state index is 0.0470. The van der Waals surface area contributed by atoms with Gasteiger partial charge in [-0.2, -0.15) is 0 Å². The van der Waals surface area contributed by atoms with Crippen LogP contribution in [0, 0.1) is 13.8 Å². The number of esters is 2. The van der Waals surface area contributed by atoms with E-state index in [-0.39, 0.29) is 11.3 Å². The largest absolute Gasteiger partial charge is 0.465 e. The second-order valence-electron chi connectivity index (χ2n) is 7.26. The van der Waals surface area contributed by atoms with Gasteiger partial charge in [0.15, 0.2) is 5.58 Å². The summed E-state index contributed by atoms with van der Waals surface area (Å²) in [6.07, 6.45) is 6.58. The number of aryl methyl sites for hydroxylation is 2. The van der Waals surface area contributed by atoms with E-state index < -0.39 is 11.9 Å². The van der Waals surface area contributed by atoms with Crippen LogP contribution in [0.1, 0.15) is 11.1 Å². The Bertz CT molecular complexity index is 1310. The van der Waals surface area contributed by atoms with Crippen LogP contribution in [0.5, 0.6) is 0 Å². The van der Waals surface area contributed by atoms with Gasteiger partial charge >= 0.3 is 11.9 Å². The molecule has 0 saturated carbocycles. The van der Waals surface area contributed by atoms with E-state index in [9.17, 15) is 9.59 Å². The molecule has 0 saturated heterocycles. The molecule has 7 nitrogen and oxygen atoms in total. The molecule has 0 fully saturated rings. The fraction of sp³-hybridized carbons (Fsp3) is 0.160. The van der Waals surface area contributed by atoms with E-state index in [2.05, 4.69) is 4.98 Å². The molecule has 0 radical (unpaired) electrons. The van der Waals surface area contributed by atoms with E-state index >= 15 is 0 Å². The first-order chi connectivity index (χ1) is 15.4. The third-order valence-corrected chi connectivity index (χ3v) is 5.20. The molecule has 0 aliphatic carbocycles. The summed E-state index contributed by atoms with van der Waals surface area (Å²) in [6, 6.07) is 11.5. The number of fused-ring (bicyclic) bond motifs is 1. The Balaban J connectivity index is 1.89. The first-order valence-corrected chi connectivity index (χ1v) is 9.96. The zero-order valence-corrected chi connectivity index (χ0v) is 18.2. The number of nitrogens with zero attached hydrogens (tertiary/aromatic N) is 2. The van der Waals surface area contributed by atoms with Crippen molar-refractivity contribution in [3.05, 3.63) is 83.2 Å². The molecular formula is C25H22N2O5. The average molecular weight is 430 g/mol. The Morgan fingerprint density at radius 2 is 1.72 bits per heavy atom. The number of oxazole rings is 1. The van der Waals surface area contributed by atoms with Crippen LogP contribution >= 0.6 is 0 Å². The van der Waals surface area contributed by atoms with Crippen LogP contribution in [0.15, 0.2) is 76.5 Å². The van der Waals surface area contributed by atoms with Crippen LogP contribution in [0.2, 0.25) is 0 Å². The van der Waals surface area contributed by atoms with Crippen molar-refractivity contribution >= 4 is 28.7 Å². The molecule has 1 aromatic heterocycles. The van der Waals surface area contributed by atoms with Crippen LogP contribution < -0.4 is 4.90 Å². The maximum atomic E-state index is 12.7. The number of hydrogen-bond donors (Lipinski definition) is 0. The molecule has 3 aromatic rings. The van der Waals surface area contributed by atoms with Gasteiger partial charge in [-0.25, -0.2) is 14.6 Å². The minimum atomic E-state index is -0.667. The van der Waals surface area contributed by atoms with Crippen molar-refractivity contribution in [2.75, 3.05) is 19.1 Å². The summed E-state index contributed by atoms with van der Waals surface area (Å²) in [7, 11) is 2.53. The quantitative estimate of drug-likeness (QED) is 0.560. The third-order valence-electron chi connectivity index (χ3n) is 5.20. The average Bonchev–Trinajstić information content (AvgIpc) is 3.10. The number of rotatable bonds is 4. The van der Waals surface area contributed by atoms with Crippen molar-refractivity contribution in [3.63, 3.8) is 0 Å². The summed E-state index contributed by atoms with van der Waals surface area (Å²) in [5.74, 6) is -0.790. The Kier molecular flexibility index (Phi) is 5.64. The molecule has 0 bridgehead atoms. The van der Waals surface area contributed by atoms with Crippen molar-refractivity contribution in [2.24, 2.45) is 0 Å². The van der Waals surface area contributed by atoms with E-state index in [1.54, 1.807) is 29.3 Å². The molecule has 0 atom stereocenters.